The number of nitrogens with zero attached hydrogens (tertiary/aromatic N) is 3. The Morgan fingerprint density at radius 1 is 1.24 bits per heavy atom. The van der Waals surface area contributed by atoms with Crippen LogP contribution in [0.1, 0.15) is 34.1 Å². The highest BCUT2D eigenvalue weighted by atomic mass is 19.4. The third-order valence-corrected chi connectivity index (χ3v) is 4.79. The van der Waals surface area contributed by atoms with Gasteiger partial charge in [0.1, 0.15) is 0 Å². The first-order valence-corrected chi connectivity index (χ1v) is 8.91. The van der Waals surface area contributed by atoms with Gasteiger partial charge in [-0.25, -0.2) is 4.98 Å². The van der Waals surface area contributed by atoms with E-state index in [-0.39, 0.29) is 11.6 Å². The summed E-state index contributed by atoms with van der Waals surface area (Å²) >= 11 is 0. The lowest BCUT2D eigenvalue weighted by Gasteiger charge is -2.13. The number of aryl methyl sites for hydroxylation is 1. The normalized spacial score (nSPS) is 15.8. The van der Waals surface area contributed by atoms with Crippen LogP contribution in [0.5, 0.6) is 5.88 Å². The second-order valence-electron chi connectivity index (χ2n) is 6.66. The fourth-order valence-electron chi connectivity index (χ4n) is 3.34. The van der Waals surface area contributed by atoms with Crippen molar-refractivity contribution in [1.29, 1.82) is 0 Å². The molecule has 0 radical (unpaired) electrons. The third kappa shape index (κ3) is 3.80. The average Bonchev–Trinajstić information content (AvgIpc) is 3.29. The molecule has 9 heteroatoms. The van der Waals surface area contributed by atoms with Gasteiger partial charge >= 0.3 is 6.18 Å². The summed E-state index contributed by atoms with van der Waals surface area (Å²) in [5, 5.41) is 7.36. The number of fused-ring (bicyclic) bond motifs is 1. The van der Waals surface area contributed by atoms with Crippen LogP contribution < -0.4 is 10.1 Å². The molecule has 29 heavy (non-hydrogen) atoms. The van der Waals surface area contributed by atoms with Gasteiger partial charge in [-0.1, -0.05) is 6.07 Å². The van der Waals surface area contributed by atoms with E-state index in [2.05, 4.69) is 15.4 Å². The average molecular weight is 402 g/mol. The number of halogens is 3. The molecule has 0 unspecified atom stereocenters. The minimum atomic E-state index is -4.50. The molecule has 1 atom stereocenters. The van der Waals surface area contributed by atoms with Gasteiger partial charge < -0.3 is 10.1 Å². The van der Waals surface area contributed by atoms with Crippen molar-refractivity contribution in [2.24, 2.45) is 0 Å². The predicted octanol–water partition coefficient (Wildman–Crippen LogP) is 3.85. The van der Waals surface area contributed by atoms with Crippen molar-refractivity contribution in [2.75, 3.05) is 7.11 Å². The Balaban J connectivity index is 1.54. The molecule has 0 aliphatic carbocycles. The van der Waals surface area contributed by atoms with Gasteiger partial charge in [0.2, 0.25) is 5.88 Å². The molecule has 1 amide bonds. The lowest BCUT2D eigenvalue weighted by Crippen LogP contribution is -2.27. The number of methoxy groups -OCH3 is 1. The maximum absolute atomic E-state index is 12.9. The molecule has 3 aromatic rings. The predicted molar refractivity (Wildman–Crippen MR) is 98.3 cm³/mol. The molecule has 4 rings (SSSR count). The zero-order valence-electron chi connectivity index (χ0n) is 15.4. The molecule has 1 N–H and O–H groups in total. The second kappa shape index (κ2) is 7.23. The second-order valence-corrected chi connectivity index (χ2v) is 6.66. The Bertz CT molecular complexity index is 1060. The van der Waals surface area contributed by atoms with Crippen molar-refractivity contribution in [2.45, 2.75) is 25.2 Å². The first-order chi connectivity index (χ1) is 13.8. The first kappa shape index (κ1) is 19.0. The zero-order chi connectivity index (χ0) is 20.6. The summed E-state index contributed by atoms with van der Waals surface area (Å²) in [6.45, 7) is 0.602. The lowest BCUT2D eigenvalue weighted by atomic mass is 10.1. The number of pyridine rings is 1. The Morgan fingerprint density at radius 2 is 2.07 bits per heavy atom. The van der Waals surface area contributed by atoms with Gasteiger partial charge in [-0.2, -0.15) is 18.3 Å². The highest BCUT2D eigenvalue weighted by molar-refractivity contribution is 5.94. The molecule has 150 valence electrons. The van der Waals surface area contributed by atoms with Crippen LogP contribution in [0.25, 0.3) is 11.3 Å². The quantitative estimate of drug-likeness (QED) is 0.720. The van der Waals surface area contributed by atoms with E-state index < -0.39 is 17.6 Å². The van der Waals surface area contributed by atoms with Gasteiger partial charge in [-0.05, 0) is 36.8 Å². The Morgan fingerprint density at radius 3 is 2.83 bits per heavy atom. The molecule has 0 bridgehead atoms. The van der Waals surface area contributed by atoms with Crippen molar-refractivity contribution in [3.63, 3.8) is 0 Å². The van der Waals surface area contributed by atoms with Gasteiger partial charge in [0.25, 0.3) is 5.91 Å². The molecule has 0 saturated heterocycles. The topological polar surface area (TPSA) is 69.0 Å². The Kier molecular flexibility index (Phi) is 4.73. The van der Waals surface area contributed by atoms with E-state index in [4.69, 9.17) is 4.74 Å². The summed E-state index contributed by atoms with van der Waals surface area (Å²) in [6, 6.07) is 9.48. The maximum Gasteiger partial charge on any atom is 0.416 e. The molecule has 0 fully saturated rings. The van der Waals surface area contributed by atoms with E-state index in [1.165, 1.54) is 19.2 Å². The fourth-order valence-corrected chi connectivity index (χ4v) is 3.34. The van der Waals surface area contributed by atoms with Gasteiger partial charge in [0.15, 0.2) is 0 Å². The SMILES string of the molecule is COc1cc(-c2cc3n(n2)CC[C@@H]3NC(=O)c2cccc(C(F)(F)F)c2)ccn1. The highest BCUT2D eigenvalue weighted by Crippen LogP contribution is 2.32. The third-order valence-electron chi connectivity index (χ3n) is 4.79. The van der Waals surface area contributed by atoms with E-state index in [0.29, 0.717) is 24.5 Å². The fraction of sp³-hybridized carbons (Fsp3) is 0.250. The number of aromatic nitrogens is 3. The van der Waals surface area contributed by atoms with Crippen LogP contribution >= 0.6 is 0 Å². The standard InChI is InChI=1S/C20H17F3N4O2/c1-29-18-10-12(5-7-24-18)16-11-17-15(6-8-27(17)26-16)25-19(28)13-3-2-4-14(9-13)20(21,22)23/h2-5,7,9-11,15H,6,8H2,1H3,(H,25,28)/t15-/m0/s1. The number of ether oxygens (including phenoxy) is 1. The monoisotopic (exact) mass is 402 g/mol. The molecular weight excluding hydrogens is 385 g/mol. The van der Waals surface area contributed by atoms with Crippen molar-refractivity contribution in [1.82, 2.24) is 20.1 Å². The zero-order valence-corrected chi connectivity index (χ0v) is 15.4. The number of amides is 1. The minimum absolute atomic E-state index is 0.0307. The summed E-state index contributed by atoms with van der Waals surface area (Å²) < 4.78 is 45.6. The van der Waals surface area contributed by atoms with Crippen LogP contribution in [0.2, 0.25) is 0 Å². The summed E-state index contributed by atoms with van der Waals surface area (Å²) in [6.07, 6.45) is -2.26. The minimum Gasteiger partial charge on any atom is -0.481 e. The highest BCUT2D eigenvalue weighted by Gasteiger charge is 2.32. The van der Waals surface area contributed by atoms with Crippen molar-refractivity contribution >= 4 is 5.91 Å². The van der Waals surface area contributed by atoms with E-state index in [0.717, 1.165) is 23.4 Å². The van der Waals surface area contributed by atoms with Crippen molar-refractivity contribution < 1.29 is 22.7 Å². The number of hydrogen-bond donors (Lipinski definition) is 1. The first-order valence-electron chi connectivity index (χ1n) is 8.91. The summed E-state index contributed by atoms with van der Waals surface area (Å²) in [4.78, 5) is 16.6. The van der Waals surface area contributed by atoms with Crippen LogP contribution in [0.4, 0.5) is 13.2 Å². The van der Waals surface area contributed by atoms with Gasteiger partial charge in [-0.15, -0.1) is 0 Å². The van der Waals surface area contributed by atoms with Crippen LogP contribution in [0.15, 0.2) is 48.7 Å². The van der Waals surface area contributed by atoms with Gasteiger partial charge in [0, 0.05) is 29.9 Å². The summed E-state index contributed by atoms with van der Waals surface area (Å²) in [5.74, 6) is -0.0899. The van der Waals surface area contributed by atoms with Crippen molar-refractivity contribution in [3.05, 3.63) is 65.5 Å². The smallest absolute Gasteiger partial charge is 0.416 e. The molecule has 3 heterocycles. The maximum atomic E-state index is 12.9. The molecule has 1 aliphatic heterocycles. The number of hydrogen-bond acceptors (Lipinski definition) is 4. The molecular formula is C20H17F3N4O2. The lowest BCUT2D eigenvalue weighted by molar-refractivity contribution is -0.137. The Hall–Kier alpha value is -3.36. The van der Waals surface area contributed by atoms with Crippen molar-refractivity contribution in [3.8, 4) is 17.1 Å². The van der Waals surface area contributed by atoms with E-state index in [1.807, 2.05) is 6.07 Å². The number of alkyl halides is 3. The van der Waals surface area contributed by atoms with Crippen LogP contribution in [-0.2, 0) is 12.7 Å². The molecule has 0 saturated carbocycles. The Labute approximate surface area is 164 Å². The molecule has 6 nitrogen and oxygen atoms in total. The van der Waals surface area contributed by atoms with Crippen LogP contribution in [-0.4, -0.2) is 27.8 Å². The van der Waals surface area contributed by atoms with E-state index in [9.17, 15) is 18.0 Å². The number of carbonyl (C=O) groups is 1. The summed E-state index contributed by atoms with van der Waals surface area (Å²) in [5.41, 5.74) is 1.45. The number of carbonyl (C=O) groups excluding carboxylic acids is 1. The van der Waals surface area contributed by atoms with Gasteiger partial charge in [0.05, 0.1) is 30.1 Å². The van der Waals surface area contributed by atoms with Gasteiger partial charge in [-0.3, -0.25) is 9.48 Å². The molecule has 1 aliphatic rings. The van der Waals surface area contributed by atoms with E-state index in [1.54, 1.807) is 23.0 Å². The number of rotatable bonds is 4. The van der Waals surface area contributed by atoms with E-state index >= 15 is 0 Å². The number of nitrogens with one attached hydrogen (secondary N) is 1. The van der Waals surface area contributed by atoms with Crippen LogP contribution in [0.3, 0.4) is 0 Å². The largest absolute Gasteiger partial charge is 0.481 e. The molecule has 2 aromatic heterocycles. The molecule has 0 spiro atoms. The van der Waals surface area contributed by atoms with Crippen LogP contribution in [0, 0.1) is 0 Å². The number of benzene rings is 1. The molecule has 1 aromatic carbocycles. The summed E-state index contributed by atoms with van der Waals surface area (Å²) in [7, 11) is 1.53.